The van der Waals surface area contributed by atoms with Crippen molar-refractivity contribution in [2.24, 2.45) is 0 Å². The van der Waals surface area contributed by atoms with Crippen molar-refractivity contribution in [2.45, 2.75) is 77.8 Å². The first-order valence-electron chi connectivity index (χ1n) is 7.90. The highest BCUT2D eigenvalue weighted by Crippen LogP contribution is 2.29. The molecular weight excluding hydrogens is 234 g/mol. The summed E-state index contributed by atoms with van der Waals surface area (Å²) in [5.41, 5.74) is 4.04. The Morgan fingerprint density at radius 2 is 1.84 bits per heavy atom. The monoisotopic (exact) mass is 263 g/mol. The number of aromatic nitrogens is 2. The smallest absolute Gasteiger partial charge is 0.0675 e. The van der Waals surface area contributed by atoms with Crippen LogP contribution in [0.1, 0.15) is 68.4 Å². The molecule has 19 heavy (non-hydrogen) atoms. The number of nitrogens with one attached hydrogen (secondary N) is 1. The Morgan fingerprint density at radius 1 is 1.16 bits per heavy atom. The van der Waals surface area contributed by atoms with Gasteiger partial charge in [0.2, 0.25) is 0 Å². The van der Waals surface area contributed by atoms with Crippen molar-refractivity contribution in [3.63, 3.8) is 0 Å². The first kappa shape index (κ1) is 14.6. The molecule has 1 fully saturated rings. The van der Waals surface area contributed by atoms with E-state index in [2.05, 4.69) is 37.8 Å². The van der Waals surface area contributed by atoms with Crippen LogP contribution in [0.25, 0.3) is 0 Å². The molecule has 0 aliphatic heterocycles. The summed E-state index contributed by atoms with van der Waals surface area (Å²) in [5.74, 6) is 0. The van der Waals surface area contributed by atoms with Crippen LogP contribution in [0.2, 0.25) is 0 Å². The van der Waals surface area contributed by atoms with E-state index >= 15 is 0 Å². The molecule has 1 aliphatic carbocycles. The average Bonchev–Trinajstić information content (AvgIpc) is 2.64. The molecule has 0 bridgehead atoms. The fourth-order valence-electron chi connectivity index (χ4n) is 3.63. The van der Waals surface area contributed by atoms with Crippen LogP contribution in [0.3, 0.4) is 0 Å². The van der Waals surface area contributed by atoms with Gasteiger partial charge < -0.3 is 5.32 Å². The lowest BCUT2D eigenvalue weighted by Gasteiger charge is -2.30. The Kier molecular flexibility index (Phi) is 5.03. The number of nitrogens with zero attached hydrogens (tertiary/aromatic N) is 2. The topological polar surface area (TPSA) is 29.9 Å². The highest BCUT2D eigenvalue weighted by molar-refractivity contribution is 5.25. The van der Waals surface area contributed by atoms with E-state index in [1.54, 1.807) is 0 Å². The Bertz CT molecular complexity index is 408. The van der Waals surface area contributed by atoms with Crippen LogP contribution in [0.5, 0.6) is 0 Å². The molecule has 1 heterocycles. The van der Waals surface area contributed by atoms with Crippen molar-refractivity contribution < 1.29 is 0 Å². The molecule has 1 aromatic rings. The van der Waals surface area contributed by atoms with Crippen LogP contribution in [0.15, 0.2) is 0 Å². The molecule has 1 aromatic heterocycles. The third-order valence-corrected chi connectivity index (χ3v) is 4.74. The lowest BCUT2D eigenvalue weighted by Crippen LogP contribution is -2.37. The summed E-state index contributed by atoms with van der Waals surface area (Å²) in [6.07, 6.45) is 9.09. The van der Waals surface area contributed by atoms with Crippen LogP contribution in [0, 0.1) is 13.8 Å². The Balaban J connectivity index is 2.30. The van der Waals surface area contributed by atoms with E-state index in [-0.39, 0.29) is 0 Å². The maximum Gasteiger partial charge on any atom is 0.0675 e. The molecule has 3 heteroatoms. The number of rotatable bonds is 3. The second-order valence-electron chi connectivity index (χ2n) is 5.90. The van der Waals surface area contributed by atoms with E-state index < -0.39 is 0 Å². The van der Waals surface area contributed by atoms with Crippen molar-refractivity contribution in [3.8, 4) is 0 Å². The fourth-order valence-corrected chi connectivity index (χ4v) is 3.63. The van der Waals surface area contributed by atoms with E-state index in [4.69, 9.17) is 5.10 Å². The zero-order chi connectivity index (χ0) is 13.8. The molecule has 0 saturated heterocycles. The molecule has 2 rings (SSSR count). The Morgan fingerprint density at radius 3 is 2.42 bits per heavy atom. The fraction of sp³-hybridized carbons (Fsp3) is 0.812. The summed E-state index contributed by atoms with van der Waals surface area (Å²) in [5, 5.41) is 8.39. The lowest BCUT2D eigenvalue weighted by atomic mass is 9.92. The summed E-state index contributed by atoms with van der Waals surface area (Å²) in [6, 6.07) is 1.10. The molecule has 1 N–H and O–H groups in total. The maximum absolute atomic E-state index is 4.85. The van der Waals surface area contributed by atoms with Gasteiger partial charge in [-0.15, -0.1) is 0 Å². The largest absolute Gasteiger partial charge is 0.315 e. The van der Waals surface area contributed by atoms with E-state index in [1.807, 2.05) is 0 Å². The highest BCUT2D eigenvalue weighted by atomic mass is 15.3. The molecule has 2 unspecified atom stereocenters. The Hall–Kier alpha value is -0.830. The van der Waals surface area contributed by atoms with E-state index in [9.17, 15) is 0 Å². The van der Waals surface area contributed by atoms with Gasteiger partial charge >= 0.3 is 0 Å². The third kappa shape index (κ3) is 3.02. The van der Waals surface area contributed by atoms with Crippen LogP contribution in [-0.4, -0.2) is 22.9 Å². The normalized spacial score (nSPS) is 25.1. The zero-order valence-corrected chi connectivity index (χ0v) is 13.0. The first-order valence-corrected chi connectivity index (χ1v) is 7.90. The van der Waals surface area contributed by atoms with Gasteiger partial charge in [-0.3, -0.25) is 4.68 Å². The van der Waals surface area contributed by atoms with Gasteiger partial charge in [0.25, 0.3) is 0 Å². The molecule has 1 saturated carbocycles. The molecule has 0 spiro atoms. The standard InChI is InChI=1S/C16H29N3/c1-5-14-12(2)18-19(13(14)3)16-11-9-7-6-8-10-15(16)17-4/h15-17H,5-11H2,1-4H3. The van der Waals surface area contributed by atoms with Gasteiger partial charge in [-0.25, -0.2) is 0 Å². The van der Waals surface area contributed by atoms with E-state index in [0.29, 0.717) is 12.1 Å². The van der Waals surface area contributed by atoms with Crippen LogP contribution < -0.4 is 5.32 Å². The van der Waals surface area contributed by atoms with Gasteiger partial charge in [-0.05, 0) is 45.7 Å². The van der Waals surface area contributed by atoms with Gasteiger partial charge in [0.15, 0.2) is 0 Å². The minimum absolute atomic E-state index is 0.532. The molecule has 1 aliphatic rings. The predicted octanol–water partition coefficient (Wildman–Crippen LogP) is 3.55. The molecule has 0 radical (unpaired) electrons. The number of aryl methyl sites for hydroxylation is 1. The second-order valence-corrected chi connectivity index (χ2v) is 5.90. The van der Waals surface area contributed by atoms with Gasteiger partial charge in [-0.2, -0.15) is 5.10 Å². The molecular formula is C16H29N3. The molecule has 3 nitrogen and oxygen atoms in total. The average molecular weight is 263 g/mol. The summed E-state index contributed by atoms with van der Waals surface area (Å²) >= 11 is 0. The van der Waals surface area contributed by atoms with Gasteiger partial charge in [0, 0.05) is 11.7 Å². The van der Waals surface area contributed by atoms with Gasteiger partial charge in [-0.1, -0.05) is 32.6 Å². The van der Waals surface area contributed by atoms with Crippen LogP contribution >= 0.6 is 0 Å². The van der Waals surface area contributed by atoms with E-state index in [1.165, 1.54) is 55.5 Å². The minimum Gasteiger partial charge on any atom is -0.315 e. The Labute approximate surface area is 117 Å². The summed E-state index contributed by atoms with van der Waals surface area (Å²) in [6.45, 7) is 6.62. The van der Waals surface area contributed by atoms with Crippen molar-refractivity contribution in [3.05, 3.63) is 17.0 Å². The number of likely N-dealkylation sites (N-methyl/N-ethyl adjacent to an activating group) is 1. The van der Waals surface area contributed by atoms with E-state index in [0.717, 1.165) is 6.42 Å². The lowest BCUT2D eigenvalue weighted by molar-refractivity contribution is 0.273. The quantitative estimate of drug-likeness (QED) is 0.904. The van der Waals surface area contributed by atoms with Crippen LogP contribution in [0.4, 0.5) is 0 Å². The van der Waals surface area contributed by atoms with Crippen molar-refractivity contribution >= 4 is 0 Å². The second kappa shape index (κ2) is 6.56. The molecule has 0 aromatic carbocycles. The third-order valence-electron chi connectivity index (χ3n) is 4.74. The molecule has 108 valence electrons. The summed E-state index contributed by atoms with van der Waals surface area (Å²) in [7, 11) is 2.10. The number of hydrogen-bond acceptors (Lipinski definition) is 2. The van der Waals surface area contributed by atoms with Crippen LogP contribution in [-0.2, 0) is 6.42 Å². The maximum atomic E-state index is 4.85. The SMILES string of the molecule is CCc1c(C)nn(C2CCCCCCC2NC)c1C. The number of hydrogen-bond donors (Lipinski definition) is 1. The molecule has 2 atom stereocenters. The van der Waals surface area contributed by atoms with Gasteiger partial charge in [0.05, 0.1) is 11.7 Å². The molecule has 0 amide bonds. The predicted molar refractivity (Wildman–Crippen MR) is 80.7 cm³/mol. The highest BCUT2D eigenvalue weighted by Gasteiger charge is 2.26. The van der Waals surface area contributed by atoms with Crippen molar-refractivity contribution in [2.75, 3.05) is 7.05 Å². The van der Waals surface area contributed by atoms with Crippen molar-refractivity contribution in [1.29, 1.82) is 0 Å². The summed E-state index contributed by atoms with van der Waals surface area (Å²) in [4.78, 5) is 0. The first-order chi connectivity index (χ1) is 9.19. The van der Waals surface area contributed by atoms with Crippen molar-refractivity contribution in [1.82, 2.24) is 15.1 Å². The van der Waals surface area contributed by atoms with Gasteiger partial charge in [0.1, 0.15) is 0 Å². The summed E-state index contributed by atoms with van der Waals surface area (Å²) < 4.78 is 2.32. The zero-order valence-electron chi connectivity index (χ0n) is 13.0. The minimum atomic E-state index is 0.532.